The van der Waals surface area contributed by atoms with Crippen LogP contribution in [0.1, 0.15) is 37.1 Å². The number of aromatic nitrogens is 2. The number of hydrogen-bond acceptors (Lipinski definition) is 1. The summed E-state index contributed by atoms with van der Waals surface area (Å²) in [6.45, 7) is 5.81. The van der Waals surface area contributed by atoms with Crippen LogP contribution in [0.5, 0.6) is 0 Å². The van der Waals surface area contributed by atoms with E-state index in [2.05, 4.69) is 22.8 Å². The largest absolute Gasteiger partial charge is 0.282 e. The van der Waals surface area contributed by atoms with Gasteiger partial charge in [0.25, 0.3) is 0 Å². The summed E-state index contributed by atoms with van der Waals surface area (Å²) >= 11 is 0. The molecular weight excluding hydrogens is 136 g/mol. The van der Waals surface area contributed by atoms with E-state index in [0.717, 1.165) is 17.2 Å². The lowest BCUT2D eigenvalue weighted by molar-refractivity contribution is 0.961. The molecule has 2 heteroatoms. The summed E-state index contributed by atoms with van der Waals surface area (Å²) in [5.41, 5.74) is 3.32. The van der Waals surface area contributed by atoms with Crippen LogP contribution in [0.25, 0.3) is 5.57 Å². The highest BCUT2D eigenvalue weighted by Gasteiger charge is 2.25. The molecule has 1 aromatic heterocycles. The molecule has 1 aromatic rings. The van der Waals surface area contributed by atoms with E-state index in [9.17, 15) is 0 Å². The molecule has 0 aliphatic heterocycles. The van der Waals surface area contributed by atoms with E-state index in [1.165, 1.54) is 18.5 Å². The first-order valence-electron chi connectivity index (χ1n) is 3.98. The lowest BCUT2D eigenvalue weighted by atomic mass is 10.2. The zero-order valence-electron chi connectivity index (χ0n) is 6.72. The van der Waals surface area contributed by atoms with E-state index in [0.29, 0.717) is 0 Å². The third-order valence-corrected chi connectivity index (χ3v) is 2.05. The minimum atomic E-state index is 0.760. The fraction of sp³-hybridized carbons (Fsp3) is 0.444. The van der Waals surface area contributed by atoms with Gasteiger partial charge in [0, 0.05) is 11.6 Å². The molecule has 0 unspecified atom stereocenters. The van der Waals surface area contributed by atoms with E-state index in [1.54, 1.807) is 0 Å². The summed E-state index contributed by atoms with van der Waals surface area (Å²) in [5.74, 6) is 0.760. The molecule has 1 saturated carbocycles. The second-order valence-corrected chi connectivity index (χ2v) is 3.26. The molecule has 2 rings (SSSR count). The molecular formula is C9H12N2. The highest BCUT2D eigenvalue weighted by Crippen LogP contribution is 2.39. The SMILES string of the molecule is C=C(C)c1cc(C2CC2)[nH]n1. The van der Waals surface area contributed by atoms with E-state index in [-0.39, 0.29) is 0 Å². The van der Waals surface area contributed by atoms with Crippen molar-refractivity contribution in [2.24, 2.45) is 0 Å². The second-order valence-electron chi connectivity index (χ2n) is 3.26. The monoisotopic (exact) mass is 148 g/mol. The molecule has 0 spiro atoms. The quantitative estimate of drug-likeness (QED) is 0.685. The summed E-state index contributed by atoms with van der Waals surface area (Å²) in [5, 5.41) is 7.19. The summed E-state index contributed by atoms with van der Waals surface area (Å²) < 4.78 is 0. The summed E-state index contributed by atoms with van der Waals surface area (Å²) in [4.78, 5) is 0. The molecule has 0 saturated heterocycles. The van der Waals surface area contributed by atoms with Gasteiger partial charge in [0.15, 0.2) is 0 Å². The number of H-pyrrole nitrogens is 1. The van der Waals surface area contributed by atoms with Gasteiger partial charge in [-0.3, -0.25) is 5.10 Å². The summed E-state index contributed by atoms with van der Waals surface area (Å²) in [7, 11) is 0. The molecule has 0 bridgehead atoms. The number of allylic oxidation sites excluding steroid dienone is 1. The number of rotatable bonds is 2. The third-order valence-electron chi connectivity index (χ3n) is 2.05. The number of nitrogens with zero attached hydrogens (tertiary/aromatic N) is 1. The van der Waals surface area contributed by atoms with Crippen molar-refractivity contribution in [2.45, 2.75) is 25.7 Å². The number of nitrogens with one attached hydrogen (secondary N) is 1. The van der Waals surface area contributed by atoms with Gasteiger partial charge >= 0.3 is 0 Å². The van der Waals surface area contributed by atoms with E-state index >= 15 is 0 Å². The van der Waals surface area contributed by atoms with Crippen molar-refractivity contribution in [3.63, 3.8) is 0 Å². The van der Waals surface area contributed by atoms with E-state index in [4.69, 9.17) is 0 Å². The zero-order valence-corrected chi connectivity index (χ0v) is 6.72. The Hall–Kier alpha value is -1.05. The highest BCUT2D eigenvalue weighted by molar-refractivity contribution is 5.57. The first-order chi connectivity index (χ1) is 5.27. The van der Waals surface area contributed by atoms with Crippen molar-refractivity contribution >= 4 is 5.57 Å². The van der Waals surface area contributed by atoms with Gasteiger partial charge in [-0.1, -0.05) is 6.58 Å². The fourth-order valence-corrected chi connectivity index (χ4v) is 1.16. The molecule has 0 atom stereocenters. The van der Waals surface area contributed by atoms with Gasteiger partial charge in [0.2, 0.25) is 0 Å². The zero-order chi connectivity index (χ0) is 7.84. The Kier molecular flexibility index (Phi) is 1.34. The fourth-order valence-electron chi connectivity index (χ4n) is 1.16. The van der Waals surface area contributed by atoms with Crippen LogP contribution in [0, 0.1) is 0 Å². The van der Waals surface area contributed by atoms with Gasteiger partial charge in [-0.25, -0.2) is 0 Å². The minimum absolute atomic E-state index is 0.760. The Bertz CT molecular complexity index is 282. The lowest BCUT2D eigenvalue weighted by Crippen LogP contribution is -1.76. The van der Waals surface area contributed by atoms with Crippen LogP contribution < -0.4 is 0 Å². The third kappa shape index (κ3) is 1.20. The van der Waals surface area contributed by atoms with Crippen LogP contribution in [0.3, 0.4) is 0 Å². The molecule has 1 fully saturated rings. The van der Waals surface area contributed by atoms with Gasteiger partial charge in [0.05, 0.1) is 5.69 Å². The van der Waals surface area contributed by atoms with Gasteiger partial charge in [-0.05, 0) is 31.4 Å². The Labute approximate surface area is 66.3 Å². The maximum Gasteiger partial charge on any atom is 0.0874 e. The van der Waals surface area contributed by atoms with Crippen LogP contribution in [-0.4, -0.2) is 10.2 Å². The molecule has 58 valence electrons. The molecule has 1 aliphatic rings. The maximum atomic E-state index is 4.15. The molecule has 0 aromatic carbocycles. The molecule has 2 nitrogen and oxygen atoms in total. The van der Waals surface area contributed by atoms with Crippen molar-refractivity contribution in [3.05, 3.63) is 24.0 Å². The van der Waals surface area contributed by atoms with Gasteiger partial charge < -0.3 is 0 Å². The Morgan fingerprint density at radius 1 is 1.73 bits per heavy atom. The van der Waals surface area contributed by atoms with E-state index in [1.807, 2.05) is 6.92 Å². The van der Waals surface area contributed by atoms with Gasteiger partial charge in [0.1, 0.15) is 0 Å². The molecule has 11 heavy (non-hydrogen) atoms. The standard InChI is InChI=1S/C9H12N2/c1-6(2)8-5-9(11-10-8)7-3-4-7/h5,7H,1,3-4H2,2H3,(H,10,11). The summed E-state index contributed by atoms with van der Waals surface area (Å²) in [6.07, 6.45) is 2.63. The van der Waals surface area contributed by atoms with Crippen LogP contribution in [0.2, 0.25) is 0 Å². The molecule has 0 amide bonds. The van der Waals surface area contributed by atoms with Crippen molar-refractivity contribution in [2.75, 3.05) is 0 Å². The predicted molar refractivity (Wildman–Crippen MR) is 45.3 cm³/mol. The smallest absolute Gasteiger partial charge is 0.0874 e. The number of aromatic amines is 1. The van der Waals surface area contributed by atoms with Crippen molar-refractivity contribution in [1.82, 2.24) is 10.2 Å². The predicted octanol–water partition coefficient (Wildman–Crippen LogP) is 2.32. The highest BCUT2D eigenvalue weighted by atomic mass is 15.1. The van der Waals surface area contributed by atoms with Crippen LogP contribution >= 0.6 is 0 Å². The minimum Gasteiger partial charge on any atom is -0.282 e. The molecule has 1 aliphatic carbocycles. The van der Waals surface area contributed by atoms with Crippen molar-refractivity contribution < 1.29 is 0 Å². The molecule has 1 N–H and O–H groups in total. The topological polar surface area (TPSA) is 28.7 Å². The molecule has 1 heterocycles. The van der Waals surface area contributed by atoms with Gasteiger partial charge in [-0.15, -0.1) is 0 Å². The van der Waals surface area contributed by atoms with E-state index < -0.39 is 0 Å². The number of hydrogen-bond donors (Lipinski definition) is 1. The average Bonchev–Trinajstić information content (AvgIpc) is 2.68. The maximum absolute atomic E-state index is 4.15. The normalized spacial score (nSPS) is 16.8. The second kappa shape index (κ2) is 2.22. The van der Waals surface area contributed by atoms with Crippen LogP contribution in [-0.2, 0) is 0 Å². The Morgan fingerprint density at radius 3 is 2.91 bits per heavy atom. The van der Waals surface area contributed by atoms with Crippen molar-refractivity contribution in [3.8, 4) is 0 Å². The average molecular weight is 148 g/mol. The Balaban J connectivity index is 2.25. The Morgan fingerprint density at radius 2 is 2.45 bits per heavy atom. The van der Waals surface area contributed by atoms with Crippen molar-refractivity contribution in [1.29, 1.82) is 0 Å². The molecule has 0 radical (unpaired) electrons. The first-order valence-corrected chi connectivity index (χ1v) is 3.98. The lowest BCUT2D eigenvalue weighted by Gasteiger charge is -1.86. The first kappa shape index (κ1) is 6.65. The van der Waals surface area contributed by atoms with Gasteiger partial charge in [-0.2, -0.15) is 5.10 Å². The summed E-state index contributed by atoms with van der Waals surface area (Å²) in [6, 6.07) is 2.11. The van der Waals surface area contributed by atoms with Crippen LogP contribution in [0.4, 0.5) is 0 Å². The van der Waals surface area contributed by atoms with Crippen LogP contribution in [0.15, 0.2) is 12.6 Å².